The normalized spacial score (nSPS) is 10.1. The third-order valence-electron chi connectivity index (χ3n) is 2.92. The van der Waals surface area contributed by atoms with Crippen LogP contribution in [0.3, 0.4) is 0 Å². The Bertz CT molecular complexity index is 443. The zero-order valence-corrected chi connectivity index (χ0v) is 12.3. The van der Waals surface area contributed by atoms with Crippen LogP contribution in [0.4, 0.5) is 5.69 Å². The first-order valence-electron chi connectivity index (χ1n) is 7.20. The molecule has 1 aromatic carbocycles. The molecule has 1 rings (SSSR count). The Morgan fingerprint density at radius 3 is 2.60 bits per heavy atom. The van der Waals surface area contributed by atoms with Gasteiger partial charge in [0.1, 0.15) is 0 Å². The van der Waals surface area contributed by atoms with E-state index in [1.807, 2.05) is 31.2 Å². The van der Waals surface area contributed by atoms with Crippen LogP contribution in [-0.2, 0) is 20.7 Å². The number of carbonyl (C=O) groups is 2. The van der Waals surface area contributed by atoms with Gasteiger partial charge in [-0.2, -0.15) is 0 Å². The summed E-state index contributed by atoms with van der Waals surface area (Å²) in [6, 6.07) is 7.75. The van der Waals surface area contributed by atoms with Crippen molar-refractivity contribution in [2.24, 2.45) is 0 Å². The number of carbonyl (C=O) groups excluding carboxylic acids is 2. The number of aryl methyl sites for hydroxylation is 1. The molecule has 110 valence electrons. The van der Waals surface area contributed by atoms with Gasteiger partial charge < -0.3 is 10.1 Å². The van der Waals surface area contributed by atoms with Crippen LogP contribution in [0.5, 0.6) is 0 Å². The van der Waals surface area contributed by atoms with Crippen LogP contribution < -0.4 is 5.32 Å². The number of rotatable bonds is 8. The van der Waals surface area contributed by atoms with Crippen LogP contribution in [0.2, 0.25) is 0 Å². The van der Waals surface area contributed by atoms with Crippen molar-refractivity contribution in [2.45, 2.75) is 46.0 Å². The quantitative estimate of drug-likeness (QED) is 0.742. The molecule has 1 aromatic rings. The second-order valence-corrected chi connectivity index (χ2v) is 4.63. The van der Waals surface area contributed by atoms with Gasteiger partial charge in [0.2, 0.25) is 5.91 Å². The summed E-state index contributed by atoms with van der Waals surface area (Å²) in [5, 5.41) is 2.89. The predicted molar refractivity (Wildman–Crippen MR) is 79.6 cm³/mol. The topological polar surface area (TPSA) is 55.4 Å². The molecule has 0 atom stereocenters. The van der Waals surface area contributed by atoms with Gasteiger partial charge in [-0.05, 0) is 30.9 Å². The second-order valence-electron chi connectivity index (χ2n) is 4.63. The summed E-state index contributed by atoms with van der Waals surface area (Å²) in [7, 11) is 0. The van der Waals surface area contributed by atoms with Gasteiger partial charge in [0.05, 0.1) is 6.61 Å². The molecule has 1 N–H and O–H groups in total. The van der Waals surface area contributed by atoms with E-state index >= 15 is 0 Å². The lowest BCUT2D eigenvalue weighted by atomic mass is 10.1. The second kappa shape index (κ2) is 9.13. The number of anilines is 1. The largest absolute Gasteiger partial charge is 0.466 e. The summed E-state index contributed by atoms with van der Waals surface area (Å²) in [5.74, 6) is -0.289. The molecule has 0 fully saturated rings. The number of esters is 1. The van der Waals surface area contributed by atoms with E-state index in [4.69, 9.17) is 4.74 Å². The number of nitrogens with one attached hydrogen (secondary N) is 1. The summed E-state index contributed by atoms with van der Waals surface area (Å²) >= 11 is 0. The molecule has 4 nitrogen and oxygen atoms in total. The zero-order chi connectivity index (χ0) is 14.8. The molecular formula is C16H23NO3. The summed E-state index contributed by atoms with van der Waals surface area (Å²) < 4.78 is 4.96. The summed E-state index contributed by atoms with van der Waals surface area (Å²) in [6.45, 7) is 4.45. The minimum atomic E-state index is -0.228. The van der Waals surface area contributed by atoms with E-state index in [0.29, 0.717) is 25.9 Å². The fraction of sp³-hybridized carbons (Fsp3) is 0.500. The Hall–Kier alpha value is -1.84. The van der Waals surface area contributed by atoms with E-state index in [9.17, 15) is 9.59 Å². The molecule has 1 amide bonds. The minimum Gasteiger partial charge on any atom is -0.466 e. The lowest BCUT2D eigenvalue weighted by Gasteiger charge is -2.09. The van der Waals surface area contributed by atoms with Gasteiger partial charge in [0.25, 0.3) is 0 Å². The summed E-state index contributed by atoms with van der Waals surface area (Å²) in [5.41, 5.74) is 1.97. The van der Waals surface area contributed by atoms with Gasteiger partial charge in [0.15, 0.2) is 0 Å². The monoisotopic (exact) mass is 277 g/mol. The van der Waals surface area contributed by atoms with E-state index < -0.39 is 0 Å². The Morgan fingerprint density at radius 1 is 1.15 bits per heavy atom. The number of hydrogen-bond donors (Lipinski definition) is 1. The third-order valence-corrected chi connectivity index (χ3v) is 2.92. The van der Waals surface area contributed by atoms with Crippen molar-refractivity contribution in [3.05, 3.63) is 29.8 Å². The van der Waals surface area contributed by atoms with Gasteiger partial charge in [-0.25, -0.2) is 0 Å². The van der Waals surface area contributed by atoms with Gasteiger partial charge in [-0.1, -0.05) is 32.0 Å². The summed E-state index contributed by atoms with van der Waals surface area (Å²) in [6.07, 6.45) is 2.84. The van der Waals surface area contributed by atoms with E-state index in [1.165, 1.54) is 0 Å². The van der Waals surface area contributed by atoms with E-state index in [-0.39, 0.29) is 11.9 Å². The highest BCUT2D eigenvalue weighted by Crippen LogP contribution is 2.15. The molecule has 0 aliphatic heterocycles. The van der Waals surface area contributed by atoms with Crippen LogP contribution in [0.1, 0.15) is 45.1 Å². The SMILES string of the molecule is CCCOC(=O)CCCC(=O)Nc1ccccc1CC. The van der Waals surface area contributed by atoms with Crippen LogP contribution in [0.15, 0.2) is 24.3 Å². The Morgan fingerprint density at radius 2 is 1.90 bits per heavy atom. The first kappa shape index (κ1) is 16.2. The van der Waals surface area contributed by atoms with Gasteiger partial charge >= 0.3 is 5.97 Å². The fourth-order valence-corrected chi connectivity index (χ4v) is 1.84. The first-order valence-corrected chi connectivity index (χ1v) is 7.20. The Kier molecular flexibility index (Phi) is 7.40. The van der Waals surface area contributed by atoms with Crippen LogP contribution >= 0.6 is 0 Å². The maximum absolute atomic E-state index is 11.8. The maximum Gasteiger partial charge on any atom is 0.305 e. The molecule has 0 spiro atoms. The van der Waals surface area contributed by atoms with Crippen molar-refractivity contribution >= 4 is 17.6 Å². The standard InChI is InChI=1S/C16H23NO3/c1-3-12-20-16(19)11-7-10-15(18)17-14-9-6-5-8-13(14)4-2/h5-6,8-9H,3-4,7,10-12H2,1-2H3,(H,17,18). The van der Waals surface area contributed by atoms with Crippen LogP contribution in [0.25, 0.3) is 0 Å². The minimum absolute atomic E-state index is 0.0609. The molecular weight excluding hydrogens is 254 g/mol. The first-order chi connectivity index (χ1) is 9.67. The highest BCUT2D eigenvalue weighted by molar-refractivity contribution is 5.91. The molecule has 0 radical (unpaired) electrons. The molecule has 0 unspecified atom stereocenters. The van der Waals surface area contributed by atoms with Crippen molar-refractivity contribution in [1.29, 1.82) is 0 Å². The average molecular weight is 277 g/mol. The third kappa shape index (κ3) is 5.87. The molecule has 0 saturated heterocycles. The molecule has 0 bridgehead atoms. The number of benzene rings is 1. The molecule has 4 heteroatoms. The molecule has 0 heterocycles. The fourth-order valence-electron chi connectivity index (χ4n) is 1.84. The van der Waals surface area contributed by atoms with Crippen molar-refractivity contribution < 1.29 is 14.3 Å². The lowest BCUT2D eigenvalue weighted by molar-refractivity contribution is -0.143. The molecule has 0 aliphatic rings. The lowest BCUT2D eigenvalue weighted by Crippen LogP contribution is -2.13. The highest BCUT2D eigenvalue weighted by Gasteiger charge is 2.08. The highest BCUT2D eigenvalue weighted by atomic mass is 16.5. The van der Waals surface area contributed by atoms with Gasteiger partial charge in [0, 0.05) is 18.5 Å². The van der Waals surface area contributed by atoms with Crippen molar-refractivity contribution in [3.8, 4) is 0 Å². The van der Waals surface area contributed by atoms with Gasteiger partial charge in [-0.15, -0.1) is 0 Å². The smallest absolute Gasteiger partial charge is 0.305 e. The molecule has 20 heavy (non-hydrogen) atoms. The van der Waals surface area contributed by atoms with Crippen LogP contribution in [-0.4, -0.2) is 18.5 Å². The van der Waals surface area contributed by atoms with Crippen LogP contribution in [0, 0.1) is 0 Å². The van der Waals surface area contributed by atoms with Crippen molar-refractivity contribution in [1.82, 2.24) is 0 Å². The van der Waals surface area contributed by atoms with E-state index in [0.717, 1.165) is 24.1 Å². The zero-order valence-electron chi connectivity index (χ0n) is 12.3. The molecule has 0 aliphatic carbocycles. The number of ether oxygens (including phenoxy) is 1. The summed E-state index contributed by atoms with van der Waals surface area (Å²) in [4.78, 5) is 23.1. The molecule has 0 saturated carbocycles. The van der Waals surface area contributed by atoms with E-state index in [2.05, 4.69) is 12.2 Å². The number of amides is 1. The maximum atomic E-state index is 11.8. The van der Waals surface area contributed by atoms with Crippen molar-refractivity contribution in [2.75, 3.05) is 11.9 Å². The Balaban J connectivity index is 2.31. The number of para-hydroxylation sites is 1. The predicted octanol–water partition coefficient (Wildman–Crippen LogP) is 3.31. The average Bonchev–Trinajstić information content (AvgIpc) is 2.45. The van der Waals surface area contributed by atoms with E-state index in [1.54, 1.807) is 0 Å². The Labute approximate surface area is 120 Å². The molecule has 0 aromatic heterocycles. The van der Waals surface area contributed by atoms with Gasteiger partial charge in [-0.3, -0.25) is 9.59 Å². The van der Waals surface area contributed by atoms with Crippen molar-refractivity contribution in [3.63, 3.8) is 0 Å². The number of hydrogen-bond acceptors (Lipinski definition) is 3.